The number of hydrogen-bond donors (Lipinski definition) is 1. The highest BCUT2D eigenvalue weighted by molar-refractivity contribution is 6.32. The van der Waals surface area contributed by atoms with Gasteiger partial charge in [0.15, 0.2) is 0 Å². The maximum absolute atomic E-state index is 12.5. The number of likely N-dealkylation sites (tertiary alicyclic amines) is 1. The lowest BCUT2D eigenvalue weighted by molar-refractivity contribution is 0.0473. The van der Waals surface area contributed by atoms with Crippen molar-refractivity contribution >= 4 is 23.6 Å². The van der Waals surface area contributed by atoms with Crippen LogP contribution in [0.5, 0.6) is 0 Å². The van der Waals surface area contributed by atoms with Crippen molar-refractivity contribution < 1.29 is 14.3 Å². The molecule has 132 valence electrons. The van der Waals surface area contributed by atoms with Crippen molar-refractivity contribution in [2.45, 2.75) is 52.2 Å². The Morgan fingerprint density at radius 1 is 1.29 bits per heavy atom. The molecule has 2 amide bonds. The molecular formula is C17H24ClN3O3. The smallest absolute Gasteiger partial charge is 0.407 e. The number of nitrogens with zero attached hydrogens (tertiary/aromatic N) is 2. The number of carbonyl (C=O) groups is 2. The van der Waals surface area contributed by atoms with E-state index >= 15 is 0 Å². The van der Waals surface area contributed by atoms with Crippen LogP contribution in [-0.4, -0.2) is 46.6 Å². The first-order valence-corrected chi connectivity index (χ1v) is 8.45. The number of piperidine rings is 1. The molecule has 2 heterocycles. The van der Waals surface area contributed by atoms with Crippen molar-refractivity contribution in [1.82, 2.24) is 15.2 Å². The summed E-state index contributed by atoms with van der Waals surface area (Å²) in [7, 11) is 0. The van der Waals surface area contributed by atoms with Crippen LogP contribution in [-0.2, 0) is 4.74 Å². The van der Waals surface area contributed by atoms with Gasteiger partial charge in [-0.05, 0) is 52.7 Å². The number of halogens is 1. The van der Waals surface area contributed by atoms with Crippen LogP contribution in [0.3, 0.4) is 0 Å². The van der Waals surface area contributed by atoms with Crippen LogP contribution >= 0.6 is 11.6 Å². The molecular weight excluding hydrogens is 330 g/mol. The van der Waals surface area contributed by atoms with Gasteiger partial charge in [0.1, 0.15) is 10.8 Å². The molecule has 6 nitrogen and oxygen atoms in total. The average molecular weight is 354 g/mol. The van der Waals surface area contributed by atoms with E-state index in [2.05, 4.69) is 10.3 Å². The van der Waals surface area contributed by atoms with E-state index in [-0.39, 0.29) is 17.1 Å². The summed E-state index contributed by atoms with van der Waals surface area (Å²) in [6.45, 7) is 8.43. The number of rotatable bonds is 2. The highest BCUT2D eigenvalue weighted by atomic mass is 35.5. The topological polar surface area (TPSA) is 71.5 Å². The lowest BCUT2D eigenvalue weighted by Gasteiger charge is -2.33. The monoisotopic (exact) mass is 353 g/mol. The molecule has 1 saturated heterocycles. The lowest BCUT2D eigenvalue weighted by Crippen LogP contribution is -2.47. The summed E-state index contributed by atoms with van der Waals surface area (Å²) in [5.41, 5.74) is 0.674. The molecule has 0 aliphatic carbocycles. The van der Waals surface area contributed by atoms with E-state index in [4.69, 9.17) is 16.3 Å². The maximum Gasteiger partial charge on any atom is 0.407 e. The molecule has 0 aromatic carbocycles. The van der Waals surface area contributed by atoms with Gasteiger partial charge in [-0.15, -0.1) is 0 Å². The zero-order valence-corrected chi connectivity index (χ0v) is 15.3. The third-order valence-electron chi connectivity index (χ3n) is 3.72. The molecule has 7 heteroatoms. The number of alkyl carbamates (subject to hydrolysis) is 1. The first-order chi connectivity index (χ1) is 11.2. The molecule has 1 N–H and O–H groups in total. The minimum absolute atomic E-state index is 0.00974. The second kappa shape index (κ2) is 7.38. The van der Waals surface area contributed by atoms with Crippen LogP contribution in [0.1, 0.15) is 49.7 Å². The van der Waals surface area contributed by atoms with Crippen LogP contribution in [0.2, 0.25) is 5.15 Å². The van der Waals surface area contributed by atoms with Crippen molar-refractivity contribution in [3.63, 3.8) is 0 Å². The molecule has 2 rings (SSSR count). The number of amides is 2. The largest absolute Gasteiger partial charge is 0.444 e. The fraction of sp³-hybridized carbons (Fsp3) is 0.588. The van der Waals surface area contributed by atoms with E-state index in [1.165, 1.54) is 0 Å². The van der Waals surface area contributed by atoms with Crippen LogP contribution < -0.4 is 5.32 Å². The number of ether oxygens (including phenoxy) is 1. The molecule has 1 aliphatic rings. The summed E-state index contributed by atoms with van der Waals surface area (Å²) in [4.78, 5) is 30.2. The number of hydrogen-bond acceptors (Lipinski definition) is 4. The van der Waals surface area contributed by atoms with E-state index in [9.17, 15) is 9.59 Å². The van der Waals surface area contributed by atoms with Gasteiger partial charge < -0.3 is 15.0 Å². The minimum Gasteiger partial charge on any atom is -0.444 e. The lowest BCUT2D eigenvalue weighted by atomic mass is 10.0. The fourth-order valence-corrected chi connectivity index (χ4v) is 2.83. The second-order valence-corrected chi connectivity index (χ2v) is 7.36. The Balaban J connectivity index is 1.88. The first-order valence-electron chi connectivity index (χ1n) is 8.07. The standard InChI is InChI=1S/C17H24ClN3O3/c1-11-5-6-13(14(18)19-11)15(22)21-9-7-12(8-10-21)20-16(23)24-17(2,3)4/h5-6,12H,7-10H2,1-4H3,(H,20,23). The van der Waals surface area contributed by atoms with Gasteiger partial charge in [0.25, 0.3) is 5.91 Å². The van der Waals surface area contributed by atoms with Crippen LogP contribution in [0.15, 0.2) is 12.1 Å². The average Bonchev–Trinajstić information content (AvgIpc) is 2.45. The summed E-state index contributed by atoms with van der Waals surface area (Å²) in [5, 5.41) is 3.09. The minimum atomic E-state index is -0.518. The predicted octanol–water partition coefficient (Wildman–Crippen LogP) is 3.17. The zero-order valence-electron chi connectivity index (χ0n) is 14.6. The summed E-state index contributed by atoms with van der Waals surface area (Å²) in [6, 6.07) is 3.49. The van der Waals surface area contributed by atoms with Crippen LogP contribution in [0.25, 0.3) is 0 Å². The normalized spacial score (nSPS) is 16.0. The van der Waals surface area contributed by atoms with Gasteiger partial charge in [0.05, 0.1) is 5.56 Å². The number of pyridine rings is 1. The van der Waals surface area contributed by atoms with Gasteiger partial charge in [0.2, 0.25) is 0 Å². The van der Waals surface area contributed by atoms with Crippen molar-refractivity contribution in [2.75, 3.05) is 13.1 Å². The molecule has 0 radical (unpaired) electrons. The molecule has 0 spiro atoms. The van der Waals surface area contributed by atoms with E-state index in [0.717, 1.165) is 5.69 Å². The zero-order chi connectivity index (χ0) is 17.9. The van der Waals surface area contributed by atoms with E-state index < -0.39 is 11.7 Å². The fourth-order valence-electron chi connectivity index (χ4n) is 2.56. The van der Waals surface area contributed by atoms with Crippen molar-refractivity contribution in [3.8, 4) is 0 Å². The molecule has 0 saturated carbocycles. The summed E-state index contributed by atoms with van der Waals surface area (Å²) < 4.78 is 5.25. The Hall–Kier alpha value is -1.82. The number of carbonyl (C=O) groups excluding carboxylic acids is 2. The van der Waals surface area contributed by atoms with Crippen molar-refractivity contribution in [2.24, 2.45) is 0 Å². The highest BCUT2D eigenvalue weighted by Crippen LogP contribution is 2.19. The number of nitrogens with one attached hydrogen (secondary N) is 1. The molecule has 24 heavy (non-hydrogen) atoms. The summed E-state index contributed by atoms with van der Waals surface area (Å²) in [5.74, 6) is -0.122. The third kappa shape index (κ3) is 5.09. The molecule has 1 aromatic heterocycles. The van der Waals surface area contributed by atoms with Gasteiger partial charge in [0, 0.05) is 24.8 Å². The Morgan fingerprint density at radius 2 is 1.92 bits per heavy atom. The van der Waals surface area contributed by atoms with E-state index in [0.29, 0.717) is 31.5 Å². The van der Waals surface area contributed by atoms with Gasteiger partial charge in [-0.3, -0.25) is 4.79 Å². The Morgan fingerprint density at radius 3 is 2.46 bits per heavy atom. The van der Waals surface area contributed by atoms with Crippen LogP contribution in [0, 0.1) is 6.92 Å². The van der Waals surface area contributed by atoms with Crippen LogP contribution in [0.4, 0.5) is 4.79 Å². The second-order valence-electron chi connectivity index (χ2n) is 7.00. The summed E-state index contributed by atoms with van der Waals surface area (Å²) >= 11 is 6.07. The molecule has 0 unspecified atom stereocenters. The van der Waals surface area contributed by atoms with Gasteiger partial charge in [-0.2, -0.15) is 0 Å². The van der Waals surface area contributed by atoms with E-state index in [1.807, 2.05) is 27.7 Å². The third-order valence-corrected chi connectivity index (χ3v) is 4.01. The predicted molar refractivity (Wildman–Crippen MR) is 92.3 cm³/mol. The molecule has 1 fully saturated rings. The number of aromatic nitrogens is 1. The van der Waals surface area contributed by atoms with Crippen molar-refractivity contribution in [1.29, 1.82) is 0 Å². The molecule has 0 bridgehead atoms. The molecule has 1 aromatic rings. The maximum atomic E-state index is 12.5. The van der Waals surface area contributed by atoms with Gasteiger partial charge in [-0.25, -0.2) is 9.78 Å². The van der Waals surface area contributed by atoms with Gasteiger partial charge >= 0.3 is 6.09 Å². The van der Waals surface area contributed by atoms with Crippen molar-refractivity contribution in [3.05, 3.63) is 28.5 Å². The molecule has 0 atom stereocenters. The quantitative estimate of drug-likeness (QED) is 0.829. The SMILES string of the molecule is Cc1ccc(C(=O)N2CCC(NC(=O)OC(C)(C)C)CC2)c(Cl)n1. The Bertz CT molecular complexity index is 620. The number of aryl methyl sites for hydroxylation is 1. The molecule has 1 aliphatic heterocycles. The highest BCUT2D eigenvalue weighted by Gasteiger charge is 2.27. The Kier molecular flexibility index (Phi) is 5.70. The Labute approximate surface area is 147 Å². The van der Waals surface area contributed by atoms with E-state index in [1.54, 1.807) is 17.0 Å². The summed E-state index contributed by atoms with van der Waals surface area (Å²) in [6.07, 6.45) is 0.946. The first kappa shape index (κ1) is 18.5. The van der Waals surface area contributed by atoms with Gasteiger partial charge in [-0.1, -0.05) is 11.6 Å².